The minimum atomic E-state index is -2.26. The molecule has 5 heteroatoms. The highest BCUT2D eigenvalue weighted by atomic mass is 35.5. The zero-order chi connectivity index (χ0) is 13.8. The van der Waals surface area contributed by atoms with Crippen LogP contribution in [0.15, 0.2) is 18.2 Å². The van der Waals surface area contributed by atoms with Gasteiger partial charge in [0.25, 0.3) is 0 Å². The zero-order valence-electron chi connectivity index (χ0n) is 12.0. The lowest BCUT2D eigenvalue weighted by atomic mass is 9.97. The van der Waals surface area contributed by atoms with Crippen LogP contribution in [-0.4, -0.2) is 37.5 Å². The van der Waals surface area contributed by atoms with Crippen LogP contribution in [0.2, 0.25) is 0 Å². The first-order valence-corrected chi connectivity index (χ1v) is 6.88. The number of halogens is 3. The fourth-order valence-electron chi connectivity index (χ4n) is 2.63. The van der Waals surface area contributed by atoms with Crippen molar-refractivity contribution in [2.24, 2.45) is 0 Å². The van der Waals surface area contributed by atoms with Crippen LogP contribution in [0.1, 0.15) is 29.2 Å². The SMILES string of the molecule is Cc1ccc([C@H](CC(F)F)N2CCNCC2)cc1C.Cl. The van der Waals surface area contributed by atoms with E-state index >= 15 is 0 Å². The lowest BCUT2D eigenvalue weighted by molar-refractivity contribution is 0.0739. The molecule has 1 N–H and O–H groups in total. The molecule has 1 aromatic rings. The standard InChI is InChI=1S/C15H22F2N2.ClH/c1-11-3-4-13(9-12(11)2)14(10-15(16)17)19-7-5-18-6-8-19;/h3-4,9,14-15,18H,5-8,10H2,1-2H3;1H/t14-;/m0./s1. The van der Waals surface area contributed by atoms with E-state index in [9.17, 15) is 8.78 Å². The van der Waals surface area contributed by atoms with Gasteiger partial charge in [0.15, 0.2) is 0 Å². The third kappa shape index (κ3) is 4.40. The van der Waals surface area contributed by atoms with Gasteiger partial charge < -0.3 is 5.32 Å². The van der Waals surface area contributed by atoms with Crippen molar-refractivity contribution in [3.63, 3.8) is 0 Å². The van der Waals surface area contributed by atoms with Crippen molar-refractivity contribution in [3.05, 3.63) is 34.9 Å². The Bertz CT molecular complexity index is 420. The molecule has 1 aliphatic heterocycles. The molecular formula is C15H23ClF2N2. The minimum absolute atomic E-state index is 0. The maximum Gasteiger partial charge on any atom is 0.240 e. The van der Waals surface area contributed by atoms with Crippen LogP contribution in [0.25, 0.3) is 0 Å². The van der Waals surface area contributed by atoms with Crippen molar-refractivity contribution in [3.8, 4) is 0 Å². The van der Waals surface area contributed by atoms with E-state index < -0.39 is 6.43 Å². The van der Waals surface area contributed by atoms with E-state index in [0.29, 0.717) is 0 Å². The van der Waals surface area contributed by atoms with Gasteiger partial charge in [0.2, 0.25) is 6.43 Å². The highest BCUT2D eigenvalue weighted by Gasteiger charge is 2.25. The number of alkyl halides is 2. The van der Waals surface area contributed by atoms with E-state index in [2.05, 4.69) is 16.3 Å². The molecule has 2 nitrogen and oxygen atoms in total. The summed E-state index contributed by atoms with van der Waals surface area (Å²) < 4.78 is 25.7. The van der Waals surface area contributed by atoms with Gasteiger partial charge in [-0.1, -0.05) is 18.2 Å². The summed E-state index contributed by atoms with van der Waals surface area (Å²) >= 11 is 0. The summed E-state index contributed by atoms with van der Waals surface area (Å²) in [4.78, 5) is 2.17. The number of hydrogen-bond donors (Lipinski definition) is 1. The largest absolute Gasteiger partial charge is 0.314 e. The van der Waals surface area contributed by atoms with Crippen LogP contribution < -0.4 is 5.32 Å². The average Bonchev–Trinajstić information content (AvgIpc) is 2.40. The van der Waals surface area contributed by atoms with Crippen molar-refractivity contribution in [1.29, 1.82) is 0 Å². The van der Waals surface area contributed by atoms with Gasteiger partial charge in [-0.15, -0.1) is 12.4 Å². The molecule has 0 aromatic heterocycles. The van der Waals surface area contributed by atoms with Gasteiger partial charge in [0, 0.05) is 38.6 Å². The van der Waals surface area contributed by atoms with Crippen molar-refractivity contribution < 1.29 is 8.78 Å². The number of piperazine rings is 1. The molecule has 0 aliphatic carbocycles. The lowest BCUT2D eigenvalue weighted by Gasteiger charge is -2.35. The maximum atomic E-state index is 12.9. The Balaban J connectivity index is 0.00000200. The average molecular weight is 305 g/mol. The van der Waals surface area contributed by atoms with Gasteiger partial charge in [0.05, 0.1) is 0 Å². The molecular weight excluding hydrogens is 282 g/mol. The van der Waals surface area contributed by atoms with Crippen LogP contribution >= 0.6 is 12.4 Å². The lowest BCUT2D eigenvalue weighted by Crippen LogP contribution is -2.45. The summed E-state index contributed by atoms with van der Waals surface area (Å²) in [6, 6.07) is 5.93. The van der Waals surface area contributed by atoms with Gasteiger partial charge in [-0.3, -0.25) is 4.90 Å². The quantitative estimate of drug-likeness (QED) is 0.918. The topological polar surface area (TPSA) is 15.3 Å². The number of aryl methyl sites for hydroxylation is 2. The maximum absolute atomic E-state index is 12.9. The summed E-state index contributed by atoms with van der Waals surface area (Å²) in [5.74, 6) is 0. The number of nitrogens with one attached hydrogen (secondary N) is 1. The molecule has 2 rings (SSSR count). The second-order valence-electron chi connectivity index (χ2n) is 5.27. The van der Waals surface area contributed by atoms with E-state index in [1.165, 1.54) is 11.1 Å². The number of rotatable bonds is 4. The second-order valence-corrected chi connectivity index (χ2v) is 5.27. The van der Waals surface area contributed by atoms with Gasteiger partial charge in [0.1, 0.15) is 0 Å². The third-order valence-electron chi connectivity index (χ3n) is 3.91. The predicted octanol–water partition coefficient (Wildman–Crippen LogP) is 3.33. The second kappa shape index (κ2) is 7.91. The van der Waals surface area contributed by atoms with E-state index in [1.807, 2.05) is 26.0 Å². The third-order valence-corrected chi connectivity index (χ3v) is 3.91. The molecule has 114 valence electrons. The summed E-state index contributed by atoms with van der Waals surface area (Å²) in [7, 11) is 0. The number of nitrogens with zero attached hydrogens (tertiary/aromatic N) is 1. The Morgan fingerprint density at radius 3 is 2.35 bits per heavy atom. The van der Waals surface area contributed by atoms with Crippen LogP contribution in [0.4, 0.5) is 8.78 Å². The van der Waals surface area contributed by atoms with Gasteiger partial charge in [-0.25, -0.2) is 8.78 Å². The summed E-state index contributed by atoms with van der Waals surface area (Å²) in [5.41, 5.74) is 3.40. The molecule has 1 heterocycles. The molecule has 1 atom stereocenters. The first kappa shape index (κ1) is 17.3. The van der Waals surface area contributed by atoms with Gasteiger partial charge >= 0.3 is 0 Å². The summed E-state index contributed by atoms with van der Waals surface area (Å²) in [5, 5.41) is 3.27. The van der Waals surface area contributed by atoms with Crippen molar-refractivity contribution in [2.75, 3.05) is 26.2 Å². The molecule has 1 saturated heterocycles. The molecule has 0 saturated carbocycles. The monoisotopic (exact) mass is 304 g/mol. The molecule has 1 aromatic carbocycles. The number of hydrogen-bond acceptors (Lipinski definition) is 2. The highest BCUT2D eigenvalue weighted by Crippen LogP contribution is 2.28. The smallest absolute Gasteiger partial charge is 0.240 e. The molecule has 0 spiro atoms. The minimum Gasteiger partial charge on any atom is -0.314 e. The summed E-state index contributed by atoms with van der Waals surface area (Å²) in [6.07, 6.45) is -2.34. The predicted molar refractivity (Wildman–Crippen MR) is 81.0 cm³/mol. The fraction of sp³-hybridized carbons (Fsp3) is 0.600. The van der Waals surface area contributed by atoms with Crippen LogP contribution in [0, 0.1) is 13.8 Å². The zero-order valence-corrected chi connectivity index (χ0v) is 12.9. The molecule has 0 radical (unpaired) electrons. The van der Waals surface area contributed by atoms with Crippen molar-refractivity contribution in [1.82, 2.24) is 10.2 Å². The van der Waals surface area contributed by atoms with Gasteiger partial charge in [-0.05, 0) is 30.5 Å². The molecule has 1 aliphatic rings. The first-order chi connectivity index (χ1) is 9.08. The summed E-state index contributed by atoms with van der Waals surface area (Å²) in [6.45, 7) is 7.52. The van der Waals surface area contributed by atoms with Crippen LogP contribution in [0.5, 0.6) is 0 Å². The Morgan fingerprint density at radius 2 is 1.80 bits per heavy atom. The number of benzene rings is 1. The molecule has 0 bridgehead atoms. The van der Waals surface area contributed by atoms with Crippen LogP contribution in [0.3, 0.4) is 0 Å². The molecule has 1 fully saturated rings. The molecule has 20 heavy (non-hydrogen) atoms. The Hall–Kier alpha value is -0.710. The first-order valence-electron chi connectivity index (χ1n) is 6.88. The Morgan fingerprint density at radius 1 is 1.15 bits per heavy atom. The van der Waals surface area contributed by atoms with Gasteiger partial charge in [-0.2, -0.15) is 0 Å². The van der Waals surface area contributed by atoms with Crippen molar-refractivity contribution in [2.45, 2.75) is 32.7 Å². The Labute approximate surface area is 126 Å². The normalized spacial score (nSPS) is 17.9. The van der Waals surface area contributed by atoms with E-state index in [1.54, 1.807) is 0 Å². The van der Waals surface area contributed by atoms with E-state index in [-0.39, 0.29) is 24.9 Å². The highest BCUT2D eigenvalue weighted by molar-refractivity contribution is 5.85. The van der Waals surface area contributed by atoms with E-state index in [4.69, 9.17) is 0 Å². The Kier molecular flexibility index (Phi) is 6.86. The molecule has 0 unspecified atom stereocenters. The molecule has 0 amide bonds. The van der Waals surface area contributed by atoms with Crippen molar-refractivity contribution >= 4 is 12.4 Å². The fourth-order valence-corrected chi connectivity index (χ4v) is 2.63. The van der Waals surface area contributed by atoms with Crippen LogP contribution in [-0.2, 0) is 0 Å². The van der Waals surface area contributed by atoms with E-state index in [0.717, 1.165) is 31.7 Å².